The SMILES string of the molecule is CC(C)NCC(C)S(=O)(=O)Nc1ccc(F)c(F)c1. The lowest BCUT2D eigenvalue weighted by Crippen LogP contribution is -2.37. The molecule has 0 radical (unpaired) electrons. The Hall–Kier alpha value is -1.21. The van der Waals surface area contributed by atoms with Gasteiger partial charge in [0.05, 0.1) is 10.9 Å². The summed E-state index contributed by atoms with van der Waals surface area (Å²) in [5.41, 5.74) is 0.00953. The summed E-state index contributed by atoms with van der Waals surface area (Å²) in [6.45, 7) is 5.62. The zero-order chi connectivity index (χ0) is 14.6. The number of sulfonamides is 1. The fourth-order valence-corrected chi connectivity index (χ4v) is 2.31. The van der Waals surface area contributed by atoms with Crippen molar-refractivity contribution in [3.63, 3.8) is 0 Å². The van der Waals surface area contributed by atoms with Gasteiger partial charge < -0.3 is 5.32 Å². The Morgan fingerprint density at radius 2 is 1.79 bits per heavy atom. The highest BCUT2D eigenvalue weighted by Gasteiger charge is 2.21. The van der Waals surface area contributed by atoms with Crippen LogP contribution in [0.25, 0.3) is 0 Å². The van der Waals surface area contributed by atoms with Crippen molar-refractivity contribution < 1.29 is 17.2 Å². The van der Waals surface area contributed by atoms with Gasteiger partial charge in [-0.2, -0.15) is 0 Å². The van der Waals surface area contributed by atoms with Crippen LogP contribution in [0.15, 0.2) is 18.2 Å². The molecule has 1 unspecified atom stereocenters. The van der Waals surface area contributed by atoms with Crippen LogP contribution in [0.2, 0.25) is 0 Å². The van der Waals surface area contributed by atoms with Crippen molar-refractivity contribution in [3.8, 4) is 0 Å². The lowest BCUT2D eigenvalue weighted by atomic mass is 10.3. The first-order valence-corrected chi connectivity index (χ1v) is 7.47. The van der Waals surface area contributed by atoms with E-state index in [1.54, 1.807) is 0 Å². The van der Waals surface area contributed by atoms with Crippen LogP contribution in [0, 0.1) is 11.6 Å². The Labute approximate surface area is 112 Å². The maximum Gasteiger partial charge on any atom is 0.236 e. The average Bonchev–Trinajstić information content (AvgIpc) is 2.30. The molecule has 19 heavy (non-hydrogen) atoms. The number of rotatable bonds is 6. The summed E-state index contributed by atoms with van der Waals surface area (Å²) < 4.78 is 51.8. The smallest absolute Gasteiger partial charge is 0.236 e. The highest BCUT2D eigenvalue weighted by atomic mass is 32.2. The Kier molecular flexibility index (Phi) is 5.25. The maximum atomic E-state index is 13.0. The minimum atomic E-state index is -3.64. The third kappa shape index (κ3) is 4.76. The van der Waals surface area contributed by atoms with Crippen LogP contribution in [-0.4, -0.2) is 26.3 Å². The number of hydrogen-bond donors (Lipinski definition) is 2. The molecule has 7 heteroatoms. The highest BCUT2D eigenvalue weighted by Crippen LogP contribution is 2.15. The van der Waals surface area contributed by atoms with E-state index in [2.05, 4.69) is 10.0 Å². The van der Waals surface area contributed by atoms with Gasteiger partial charge in [-0.3, -0.25) is 4.72 Å². The number of benzene rings is 1. The third-order valence-electron chi connectivity index (χ3n) is 2.52. The second-order valence-corrected chi connectivity index (χ2v) is 6.75. The Bertz CT molecular complexity index is 533. The number of halogens is 2. The van der Waals surface area contributed by atoms with Crippen molar-refractivity contribution in [2.45, 2.75) is 32.1 Å². The molecular formula is C12H18F2N2O2S. The minimum Gasteiger partial charge on any atom is -0.313 e. The van der Waals surface area contributed by atoms with Crippen LogP contribution < -0.4 is 10.0 Å². The van der Waals surface area contributed by atoms with Gasteiger partial charge >= 0.3 is 0 Å². The van der Waals surface area contributed by atoms with E-state index in [9.17, 15) is 17.2 Å². The summed E-state index contributed by atoms with van der Waals surface area (Å²) in [4.78, 5) is 0. The van der Waals surface area contributed by atoms with Crippen LogP contribution in [0.3, 0.4) is 0 Å². The second-order valence-electron chi connectivity index (χ2n) is 4.65. The van der Waals surface area contributed by atoms with Crippen molar-refractivity contribution in [2.24, 2.45) is 0 Å². The molecule has 0 spiro atoms. The molecule has 0 aliphatic carbocycles. The molecule has 0 fully saturated rings. The van der Waals surface area contributed by atoms with Crippen molar-refractivity contribution in [3.05, 3.63) is 29.8 Å². The van der Waals surface area contributed by atoms with E-state index in [0.29, 0.717) is 0 Å². The fraction of sp³-hybridized carbons (Fsp3) is 0.500. The summed E-state index contributed by atoms with van der Waals surface area (Å²) in [5.74, 6) is -2.11. The van der Waals surface area contributed by atoms with Gasteiger partial charge in [0, 0.05) is 18.7 Å². The molecule has 1 rings (SSSR count). The van der Waals surface area contributed by atoms with Gasteiger partial charge in [0.25, 0.3) is 0 Å². The summed E-state index contributed by atoms with van der Waals surface area (Å²) >= 11 is 0. The first kappa shape index (κ1) is 15.8. The molecule has 4 nitrogen and oxygen atoms in total. The number of anilines is 1. The minimum absolute atomic E-state index is 0.00953. The largest absolute Gasteiger partial charge is 0.313 e. The van der Waals surface area contributed by atoms with Crippen LogP contribution in [-0.2, 0) is 10.0 Å². The maximum absolute atomic E-state index is 13.0. The van der Waals surface area contributed by atoms with E-state index < -0.39 is 26.9 Å². The van der Waals surface area contributed by atoms with Gasteiger partial charge in [0.2, 0.25) is 10.0 Å². The van der Waals surface area contributed by atoms with Gasteiger partial charge in [-0.15, -0.1) is 0 Å². The van der Waals surface area contributed by atoms with Crippen LogP contribution in [0.1, 0.15) is 20.8 Å². The monoisotopic (exact) mass is 292 g/mol. The van der Waals surface area contributed by atoms with E-state index in [1.165, 1.54) is 13.0 Å². The average molecular weight is 292 g/mol. The van der Waals surface area contributed by atoms with Crippen LogP contribution in [0.5, 0.6) is 0 Å². The van der Waals surface area contributed by atoms with E-state index in [1.807, 2.05) is 13.8 Å². The van der Waals surface area contributed by atoms with Gasteiger partial charge in [0.1, 0.15) is 0 Å². The molecule has 1 atom stereocenters. The predicted molar refractivity (Wildman–Crippen MR) is 71.5 cm³/mol. The highest BCUT2D eigenvalue weighted by molar-refractivity contribution is 7.93. The molecule has 0 aliphatic heterocycles. The first-order chi connectivity index (χ1) is 8.72. The van der Waals surface area contributed by atoms with Crippen molar-refractivity contribution in [2.75, 3.05) is 11.3 Å². The molecule has 0 aliphatic rings. The van der Waals surface area contributed by atoms with Crippen LogP contribution in [0.4, 0.5) is 14.5 Å². The summed E-state index contributed by atoms with van der Waals surface area (Å²) in [6.07, 6.45) is 0. The molecule has 0 bridgehead atoms. The normalized spacial score (nSPS) is 13.6. The topological polar surface area (TPSA) is 58.2 Å². The summed E-state index contributed by atoms with van der Waals surface area (Å²) in [7, 11) is -3.64. The number of nitrogens with one attached hydrogen (secondary N) is 2. The van der Waals surface area contributed by atoms with E-state index >= 15 is 0 Å². The molecular weight excluding hydrogens is 274 g/mol. The molecule has 0 amide bonds. The van der Waals surface area contributed by atoms with Gasteiger partial charge in [-0.05, 0) is 19.1 Å². The Morgan fingerprint density at radius 1 is 1.16 bits per heavy atom. The quantitative estimate of drug-likeness (QED) is 0.844. The van der Waals surface area contributed by atoms with Crippen molar-refractivity contribution in [1.82, 2.24) is 5.32 Å². The van der Waals surface area contributed by atoms with Crippen molar-refractivity contribution >= 4 is 15.7 Å². The third-order valence-corrected chi connectivity index (χ3v) is 4.27. The zero-order valence-corrected chi connectivity index (χ0v) is 11.9. The van der Waals surface area contributed by atoms with Crippen LogP contribution >= 0.6 is 0 Å². The summed E-state index contributed by atoms with van der Waals surface area (Å²) in [5, 5.41) is 2.31. The fourth-order valence-electron chi connectivity index (χ4n) is 1.34. The molecule has 1 aromatic rings. The van der Waals surface area contributed by atoms with Gasteiger partial charge in [0.15, 0.2) is 11.6 Å². The van der Waals surface area contributed by atoms with Crippen molar-refractivity contribution in [1.29, 1.82) is 0 Å². The van der Waals surface area contributed by atoms with E-state index in [4.69, 9.17) is 0 Å². The molecule has 0 aromatic heterocycles. The lowest BCUT2D eigenvalue weighted by Gasteiger charge is -2.17. The molecule has 1 aromatic carbocycles. The second kappa shape index (κ2) is 6.29. The summed E-state index contributed by atoms with van der Waals surface area (Å²) in [6, 6.07) is 3.04. The molecule has 0 saturated heterocycles. The molecule has 0 heterocycles. The first-order valence-electron chi connectivity index (χ1n) is 5.92. The molecule has 0 saturated carbocycles. The molecule has 2 N–H and O–H groups in total. The van der Waals surface area contributed by atoms with Gasteiger partial charge in [-0.1, -0.05) is 13.8 Å². The Morgan fingerprint density at radius 3 is 2.32 bits per heavy atom. The van der Waals surface area contributed by atoms with E-state index in [0.717, 1.165) is 12.1 Å². The predicted octanol–water partition coefficient (Wildman–Crippen LogP) is 2.09. The zero-order valence-electron chi connectivity index (χ0n) is 11.1. The molecule has 108 valence electrons. The van der Waals surface area contributed by atoms with E-state index in [-0.39, 0.29) is 18.3 Å². The lowest BCUT2D eigenvalue weighted by molar-refractivity contribution is 0.509. The number of hydrogen-bond acceptors (Lipinski definition) is 3. The Balaban J connectivity index is 2.75. The van der Waals surface area contributed by atoms with Gasteiger partial charge in [-0.25, -0.2) is 17.2 Å². The standard InChI is InChI=1S/C12H18F2N2O2S/c1-8(2)15-7-9(3)19(17,18)16-10-4-5-11(13)12(14)6-10/h4-6,8-9,15-16H,7H2,1-3H3.